The maximum atomic E-state index is 11.5. The van der Waals surface area contributed by atoms with Crippen LogP contribution < -0.4 is 5.32 Å². The molecule has 1 aromatic carbocycles. The molecule has 2 rings (SSSR count). The molecule has 2 N–H and O–H groups in total. The number of nitrogens with one attached hydrogen (secondary N) is 2. The Morgan fingerprint density at radius 3 is 2.94 bits per heavy atom. The number of hydrogen-bond acceptors (Lipinski definition) is 3. The van der Waals surface area contributed by atoms with Crippen molar-refractivity contribution in [3.05, 3.63) is 46.7 Å². The van der Waals surface area contributed by atoms with E-state index in [1.165, 1.54) is 12.4 Å². The highest BCUT2D eigenvalue weighted by Crippen LogP contribution is 2.16. The number of benzene rings is 1. The van der Waals surface area contributed by atoms with Crippen LogP contribution in [0.2, 0.25) is 0 Å². The Labute approximate surface area is 106 Å². The number of rotatable bonds is 3. The topological polar surface area (TPSA) is 70.7 Å². The molecule has 1 aromatic heterocycles. The first-order valence-electron chi connectivity index (χ1n) is 4.84. The quantitative estimate of drug-likeness (QED) is 0.852. The molecule has 86 valence electrons. The molecule has 17 heavy (non-hydrogen) atoms. The molecule has 1 heterocycles. The Kier molecular flexibility index (Phi) is 3.66. The van der Waals surface area contributed by atoms with E-state index in [0.29, 0.717) is 5.95 Å². The van der Waals surface area contributed by atoms with Crippen LogP contribution in [0, 0.1) is 0 Å². The predicted octanol–water partition coefficient (Wildman–Crippen LogP) is 2.22. The Bertz CT molecular complexity index is 536. The van der Waals surface area contributed by atoms with Crippen LogP contribution in [0.4, 0.5) is 5.95 Å². The molecule has 0 saturated heterocycles. The third-order valence-corrected chi connectivity index (χ3v) is 2.70. The van der Waals surface area contributed by atoms with Crippen molar-refractivity contribution in [2.24, 2.45) is 0 Å². The molecule has 0 aliphatic carbocycles. The number of carbonyl (C=O) groups is 1. The van der Waals surface area contributed by atoms with Gasteiger partial charge in [-0.25, -0.2) is 5.10 Å². The van der Waals surface area contributed by atoms with Gasteiger partial charge in [-0.1, -0.05) is 34.1 Å². The van der Waals surface area contributed by atoms with Crippen LogP contribution >= 0.6 is 15.9 Å². The average molecular weight is 293 g/mol. The van der Waals surface area contributed by atoms with E-state index in [1.807, 2.05) is 24.3 Å². The summed E-state index contributed by atoms with van der Waals surface area (Å²) in [5.74, 6) is 0.0595. The van der Waals surface area contributed by atoms with Crippen LogP contribution in [-0.2, 0) is 4.79 Å². The van der Waals surface area contributed by atoms with E-state index in [9.17, 15) is 4.79 Å². The number of halogens is 1. The molecular formula is C11H9BrN4O. The highest BCUT2D eigenvalue weighted by Gasteiger charge is 2.00. The Morgan fingerprint density at radius 1 is 1.41 bits per heavy atom. The predicted molar refractivity (Wildman–Crippen MR) is 68.2 cm³/mol. The molecule has 2 aromatic rings. The molecule has 5 nitrogen and oxygen atoms in total. The minimum Gasteiger partial charge on any atom is -0.291 e. The van der Waals surface area contributed by atoms with Crippen molar-refractivity contribution in [2.45, 2.75) is 0 Å². The first-order chi connectivity index (χ1) is 8.25. The standard InChI is InChI=1S/C11H9BrN4O/c12-9-4-2-1-3-8(9)5-6-10(17)15-11-13-7-14-16-11/h1-7H,(H2,13,14,15,16,17)/b6-5+. The van der Waals surface area contributed by atoms with E-state index in [-0.39, 0.29) is 5.91 Å². The number of aromatic amines is 1. The Balaban J connectivity index is 2.01. The molecular weight excluding hydrogens is 284 g/mol. The molecule has 1 amide bonds. The van der Waals surface area contributed by atoms with E-state index in [0.717, 1.165) is 10.0 Å². The van der Waals surface area contributed by atoms with Gasteiger partial charge in [0.15, 0.2) is 0 Å². The number of hydrogen-bond donors (Lipinski definition) is 2. The number of anilines is 1. The molecule has 0 atom stereocenters. The summed E-state index contributed by atoms with van der Waals surface area (Å²) < 4.78 is 0.934. The molecule has 0 saturated carbocycles. The minimum atomic E-state index is -0.266. The lowest BCUT2D eigenvalue weighted by Gasteiger charge is -1.97. The third-order valence-electron chi connectivity index (χ3n) is 1.98. The summed E-state index contributed by atoms with van der Waals surface area (Å²) in [4.78, 5) is 15.3. The van der Waals surface area contributed by atoms with Crippen LogP contribution in [0.3, 0.4) is 0 Å². The fraction of sp³-hybridized carbons (Fsp3) is 0. The molecule has 0 bridgehead atoms. The highest BCUT2D eigenvalue weighted by molar-refractivity contribution is 9.10. The van der Waals surface area contributed by atoms with Gasteiger partial charge >= 0.3 is 0 Å². The van der Waals surface area contributed by atoms with E-state index < -0.39 is 0 Å². The van der Waals surface area contributed by atoms with Gasteiger partial charge in [-0.05, 0) is 17.7 Å². The second-order valence-corrected chi connectivity index (χ2v) is 4.03. The first-order valence-corrected chi connectivity index (χ1v) is 5.64. The van der Waals surface area contributed by atoms with Gasteiger partial charge in [-0.15, -0.1) is 0 Å². The Morgan fingerprint density at radius 2 is 2.24 bits per heavy atom. The zero-order valence-corrected chi connectivity index (χ0v) is 10.3. The summed E-state index contributed by atoms with van der Waals surface area (Å²) in [6, 6.07) is 7.63. The van der Waals surface area contributed by atoms with Crippen LogP contribution in [-0.4, -0.2) is 21.1 Å². The van der Waals surface area contributed by atoms with Crippen LogP contribution in [0.15, 0.2) is 41.1 Å². The lowest BCUT2D eigenvalue weighted by Crippen LogP contribution is -2.08. The van der Waals surface area contributed by atoms with Crippen LogP contribution in [0.5, 0.6) is 0 Å². The highest BCUT2D eigenvalue weighted by atomic mass is 79.9. The number of nitrogens with zero attached hydrogens (tertiary/aromatic N) is 2. The fourth-order valence-electron chi connectivity index (χ4n) is 1.20. The minimum absolute atomic E-state index is 0.266. The second-order valence-electron chi connectivity index (χ2n) is 3.18. The van der Waals surface area contributed by atoms with Crippen LogP contribution in [0.25, 0.3) is 6.08 Å². The number of aromatic nitrogens is 3. The Hall–Kier alpha value is -1.95. The van der Waals surface area contributed by atoms with Gasteiger partial charge in [-0.3, -0.25) is 10.1 Å². The van der Waals surface area contributed by atoms with Gasteiger partial charge in [0.05, 0.1) is 0 Å². The molecule has 6 heteroatoms. The second kappa shape index (κ2) is 5.40. The monoisotopic (exact) mass is 292 g/mol. The maximum Gasteiger partial charge on any atom is 0.250 e. The lowest BCUT2D eigenvalue weighted by atomic mass is 10.2. The van der Waals surface area contributed by atoms with Gasteiger partial charge in [0, 0.05) is 10.5 Å². The summed E-state index contributed by atoms with van der Waals surface area (Å²) >= 11 is 3.40. The van der Waals surface area contributed by atoms with Crippen LogP contribution in [0.1, 0.15) is 5.56 Å². The summed E-state index contributed by atoms with van der Waals surface area (Å²) in [6.07, 6.45) is 4.48. The summed E-state index contributed by atoms with van der Waals surface area (Å²) in [6.45, 7) is 0. The maximum absolute atomic E-state index is 11.5. The van der Waals surface area contributed by atoms with Crippen molar-refractivity contribution in [3.8, 4) is 0 Å². The molecule has 0 spiro atoms. The lowest BCUT2D eigenvalue weighted by molar-refractivity contribution is -0.111. The smallest absolute Gasteiger partial charge is 0.250 e. The molecule has 0 fully saturated rings. The van der Waals surface area contributed by atoms with Crippen molar-refractivity contribution in [3.63, 3.8) is 0 Å². The van der Waals surface area contributed by atoms with Gasteiger partial charge < -0.3 is 0 Å². The third kappa shape index (κ3) is 3.25. The van der Waals surface area contributed by atoms with Crippen molar-refractivity contribution < 1.29 is 4.79 Å². The number of amides is 1. The number of H-pyrrole nitrogens is 1. The summed E-state index contributed by atoms with van der Waals surface area (Å²) in [5, 5.41) is 8.71. The zero-order valence-electron chi connectivity index (χ0n) is 8.72. The van der Waals surface area contributed by atoms with Crippen molar-refractivity contribution >= 4 is 33.9 Å². The van der Waals surface area contributed by atoms with Gasteiger partial charge in [0.25, 0.3) is 5.91 Å². The van der Waals surface area contributed by atoms with E-state index in [2.05, 4.69) is 36.4 Å². The molecule has 0 radical (unpaired) electrons. The SMILES string of the molecule is O=C(/C=C/c1ccccc1Br)Nc1ncn[nH]1. The largest absolute Gasteiger partial charge is 0.291 e. The zero-order chi connectivity index (χ0) is 12.1. The van der Waals surface area contributed by atoms with E-state index >= 15 is 0 Å². The van der Waals surface area contributed by atoms with Gasteiger partial charge in [0.1, 0.15) is 6.33 Å². The molecule has 0 aliphatic heterocycles. The summed E-state index contributed by atoms with van der Waals surface area (Å²) in [5.41, 5.74) is 0.931. The van der Waals surface area contributed by atoms with E-state index in [4.69, 9.17) is 0 Å². The van der Waals surface area contributed by atoms with Crippen molar-refractivity contribution in [2.75, 3.05) is 5.32 Å². The fourth-order valence-corrected chi connectivity index (χ4v) is 1.62. The summed E-state index contributed by atoms with van der Waals surface area (Å²) in [7, 11) is 0. The first kappa shape index (κ1) is 11.5. The molecule has 0 aliphatic rings. The van der Waals surface area contributed by atoms with Crippen molar-refractivity contribution in [1.29, 1.82) is 0 Å². The number of carbonyl (C=O) groups excluding carboxylic acids is 1. The van der Waals surface area contributed by atoms with E-state index in [1.54, 1.807) is 6.08 Å². The normalized spacial score (nSPS) is 10.6. The van der Waals surface area contributed by atoms with Crippen molar-refractivity contribution in [1.82, 2.24) is 15.2 Å². The molecule has 0 unspecified atom stereocenters. The average Bonchev–Trinajstić information content (AvgIpc) is 2.81. The van der Waals surface area contributed by atoms with Gasteiger partial charge in [-0.2, -0.15) is 10.1 Å². The van der Waals surface area contributed by atoms with Gasteiger partial charge in [0.2, 0.25) is 5.95 Å².